The Labute approximate surface area is 116 Å². The fourth-order valence-electron chi connectivity index (χ4n) is 6.02. The molecule has 5 aliphatic rings. The van der Waals surface area contributed by atoms with Crippen molar-refractivity contribution in [1.82, 2.24) is 0 Å². The molecule has 0 N–H and O–H groups in total. The lowest BCUT2D eigenvalue weighted by Crippen LogP contribution is -2.64. The third-order valence-corrected chi connectivity index (χ3v) is 7.17. The van der Waals surface area contributed by atoms with Gasteiger partial charge in [0.15, 0.2) is 5.60 Å². The normalized spacial score (nSPS) is 62.1. The Hall–Kier alpha value is -1.10. The summed E-state index contributed by atoms with van der Waals surface area (Å²) < 4.78 is 17.0. The molecule has 0 aromatic carbocycles. The quantitative estimate of drug-likeness (QED) is 0.495. The summed E-state index contributed by atoms with van der Waals surface area (Å²) in [5, 5.41) is 0. The lowest BCUT2D eigenvalue weighted by atomic mass is 9.48. The van der Waals surface area contributed by atoms with Crippen molar-refractivity contribution in [3.63, 3.8) is 0 Å². The molecule has 2 bridgehead atoms. The van der Waals surface area contributed by atoms with Crippen LogP contribution >= 0.6 is 0 Å². The predicted molar refractivity (Wildman–Crippen MR) is 65.3 cm³/mol. The van der Waals surface area contributed by atoms with E-state index in [-0.39, 0.29) is 35.1 Å². The van der Waals surface area contributed by atoms with Crippen molar-refractivity contribution < 1.29 is 23.8 Å². The minimum absolute atomic E-state index is 0.101. The van der Waals surface area contributed by atoms with Crippen LogP contribution in [0.25, 0.3) is 0 Å². The third-order valence-electron chi connectivity index (χ3n) is 7.17. The van der Waals surface area contributed by atoms with Gasteiger partial charge in [-0.25, -0.2) is 0 Å². The van der Waals surface area contributed by atoms with Gasteiger partial charge in [-0.3, -0.25) is 9.59 Å². The fourth-order valence-corrected chi connectivity index (χ4v) is 6.02. The molecule has 0 spiro atoms. The first-order chi connectivity index (χ1) is 9.39. The second-order valence-electron chi connectivity index (χ2n) is 7.63. The lowest BCUT2D eigenvalue weighted by Gasteiger charge is -2.56. The standard InChI is InChI=1S/C15H18O5/c1-8-3-4-12(2)10-11(17)18-7-13(8,12)6-15-14(10,20-15)5-9(16)19-15/h8,10H,3-7H2,1-2H3/t8-,10-,12+,13-,14-,15+/m1/s1. The number of rotatable bonds is 0. The van der Waals surface area contributed by atoms with Crippen molar-refractivity contribution in [3.8, 4) is 0 Å². The van der Waals surface area contributed by atoms with E-state index < -0.39 is 11.4 Å². The molecule has 2 saturated carbocycles. The highest BCUT2D eigenvalue weighted by molar-refractivity contribution is 5.84. The Balaban J connectivity index is 1.75. The molecule has 5 nitrogen and oxygen atoms in total. The Morgan fingerprint density at radius 3 is 2.90 bits per heavy atom. The van der Waals surface area contributed by atoms with Crippen LogP contribution in [-0.4, -0.2) is 29.9 Å². The maximum atomic E-state index is 12.5. The van der Waals surface area contributed by atoms with Crippen molar-refractivity contribution in [2.24, 2.45) is 22.7 Å². The lowest BCUT2D eigenvalue weighted by molar-refractivity contribution is -0.208. The molecule has 0 aromatic rings. The zero-order valence-electron chi connectivity index (χ0n) is 11.7. The molecule has 3 heterocycles. The van der Waals surface area contributed by atoms with Crippen LogP contribution in [0.1, 0.15) is 39.5 Å². The van der Waals surface area contributed by atoms with Crippen LogP contribution in [-0.2, 0) is 23.8 Å². The summed E-state index contributed by atoms with van der Waals surface area (Å²) in [6.45, 7) is 4.87. The predicted octanol–water partition coefficient (Wildman–Crippen LogP) is 1.40. The highest BCUT2D eigenvalue weighted by atomic mass is 16.8. The minimum Gasteiger partial charge on any atom is -0.465 e. The summed E-state index contributed by atoms with van der Waals surface area (Å²) in [4.78, 5) is 24.2. The smallest absolute Gasteiger partial charge is 0.312 e. The molecule has 3 saturated heterocycles. The Morgan fingerprint density at radius 1 is 1.30 bits per heavy atom. The van der Waals surface area contributed by atoms with Gasteiger partial charge in [0, 0.05) is 11.8 Å². The molecule has 2 aliphatic carbocycles. The van der Waals surface area contributed by atoms with E-state index in [1.54, 1.807) is 0 Å². The van der Waals surface area contributed by atoms with Gasteiger partial charge in [0.25, 0.3) is 0 Å². The monoisotopic (exact) mass is 278 g/mol. The van der Waals surface area contributed by atoms with E-state index in [2.05, 4.69) is 13.8 Å². The van der Waals surface area contributed by atoms with Crippen LogP contribution < -0.4 is 0 Å². The van der Waals surface area contributed by atoms with Crippen molar-refractivity contribution in [2.75, 3.05) is 6.61 Å². The molecule has 0 aromatic heterocycles. The third kappa shape index (κ3) is 0.850. The Bertz CT molecular complexity index is 573. The van der Waals surface area contributed by atoms with Crippen LogP contribution in [0.5, 0.6) is 0 Å². The summed E-state index contributed by atoms with van der Waals surface area (Å²) in [7, 11) is 0. The van der Waals surface area contributed by atoms with E-state index >= 15 is 0 Å². The molecule has 6 atom stereocenters. The van der Waals surface area contributed by atoms with Gasteiger partial charge in [-0.15, -0.1) is 0 Å². The maximum absolute atomic E-state index is 12.5. The number of hydrogen-bond donors (Lipinski definition) is 0. The van der Waals surface area contributed by atoms with E-state index in [9.17, 15) is 9.59 Å². The van der Waals surface area contributed by atoms with E-state index in [1.807, 2.05) is 0 Å². The second-order valence-corrected chi connectivity index (χ2v) is 7.63. The van der Waals surface area contributed by atoms with Gasteiger partial charge in [0.2, 0.25) is 5.79 Å². The minimum atomic E-state index is -0.827. The average molecular weight is 278 g/mol. The molecule has 5 heteroatoms. The molecule has 108 valence electrons. The Morgan fingerprint density at radius 2 is 2.10 bits per heavy atom. The van der Waals surface area contributed by atoms with Crippen LogP contribution in [0.3, 0.4) is 0 Å². The van der Waals surface area contributed by atoms with Gasteiger partial charge in [0.1, 0.15) is 0 Å². The highest BCUT2D eigenvalue weighted by Crippen LogP contribution is 2.80. The number of cyclic esters (lactones) is 1. The molecule has 5 fully saturated rings. The highest BCUT2D eigenvalue weighted by Gasteiger charge is 2.92. The number of carbonyl (C=O) groups is 2. The van der Waals surface area contributed by atoms with E-state index in [1.165, 1.54) is 0 Å². The summed E-state index contributed by atoms with van der Waals surface area (Å²) in [6, 6.07) is 0. The topological polar surface area (TPSA) is 65.1 Å². The number of epoxide rings is 1. The van der Waals surface area contributed by atoms with Crippen molar-refractivity contribution in [3.05, 3.63) is 0 Å². The molecule has 5 rings (SSSR count). The largest absolute Gasteiger partial charge is 0.465 e. The van der Waals surface area contributed by atoms with Gasteiger partial charge < -0.3 is 14.2 Å². The fraction of sp³-hybridized carbons (Fsp3) is 0.867. The van der Waals surface area contributed by atoms with E-state index in [0.29, 0.717) is 18.9 Å². The van der Waals surface area contributed by atoms with Crippen LogP contribution in [0.15, 0.2) is 0 Å². The second kappa shape index (κ2) is 2.78. The molecule has 0 radical (unpaired) electrons. The number of hydrogen-bond acceptors (Lipinski definition) is 5. The molecule has 0 amide bonds. The van der Waals surface area contributed by atoms with Gasteiger partial charge in [0.05, 0.1) is 18.9 Å². The van der Waals surface area contributed by atoms with Crippen LogP contribution in [0.4, 0.5) is 0 Å². The maximum Gasteiger partial charge on any atom is 0.312 e. The summed E-state index contributed by atoms with van der Waals surface area (Å²) in [6.07, 6.45) is 2.99. The summed E-state index contributed by atoms with van der Waals surface area (Å²) in [5.74, 6) is -1.15. The van der Waals surface area contributed by atoms with Crippen molar-refractivity contribution in [2.45, 2.75) is 50.9 Å². The summed E-state index contributed by atoms with van der Waals surface area (Å²) in [5.41, 5.74) is -0.962. The molecule has 3 aliphatic heterocycles. The first-order valence-electron chi connectivity index (χ1n) is 7.48. The van der Waals surface area contributed by atoms with Crippen LogP contribution in [0.2, 0.25) is 0 Å². The van der Waals surface area contributed by atoms with Crippen LogP contribution in [0, 0.1) is 22.7 Å². The van der Waals surface area contributed by atoms with Gasteiger partial charge in [-0.05, 0) is 24.2 Å². The molecular weight excluding hydrogens is 260 g/mol. The van der Waals surface area contributed by atoms with Gasteiger partial charge >= 0.3 is 11.9 Å². The number of carbonyl (C=O) groups excluding carboxylic acids is 2. The zero-order valence-corrected chi connectivity index (χ0v) is 11.7. The SMILES string of the molecule is C[C@@H]1CC[C@@]2(C)[C@H]3C(=O)OC[C@]12C[C@@]12OC(=O)C[C@@]31O2. The van der Waals surface area contributed by atoms with Crippen molar-refractivity contribution >= 4 is 11.9 Å². The summed E-state index contributed by atoms with van der Waals surface area (Å²) >= 11 is 0. The average Bonchev–Trinajstić information content (AvgIpc) is 2.73. The van der Waals surface area contributed by atoms with E-state index in [0.717, 1.165) is 12.8 Å². The first-order valence-corrected chi connectivity index (χ1v) is 7.48. The Kier molecular flexibility index (Phi) is 1.60. The van der Waals surface area contributed by atoms with E-state index in [4.69, 9.17) is 14.2 Å². The number of esters is 2. The molecule has 20 heavy (non-hydrogen) atoms. The zero-order chi connectivity index (χ0) is 14.0. The molecule has 0 unspecified atom stereocenters. The number of ether oxygens (including phenoxy) is 3. The first kappa shape index (κ1) is 11.5. The van der Waals surface area contributed by atoms with Gasteiger partial charge in [-0.1, -0.05) is 13.8 Å². The van der Waals surface area contributed by atoms with Crippen molar-refractivity contribution in [1.29, 1.82) is 0 Å². The molecular formula is C15H18O5. The van der Waals surface area contributed by atoms with Gasteiger partial charge in [-0.2, -0.15) is 0 Å².